The molecule has 1 nitrogen and oxygen atoms in total. The molecule has 0 atom stereocenters. The van der Waals surface area contributed by atoms with Crippen LogP contribution in [-0.4, -0.2) is 5.78 Å². The fourth-order valence-corrected chi connectivity index (χ4v) is 3.12. The van der Waals surface area contributed by atoms with Crippen molar-refractivity contribution < 1.29 is 4.79 Å². The molecule has 0 fully saturated rings. The molecule has 110 valence electrons. The standard InChI is InChI=1S/C20H17ClO/c1-13-10-14(2)18(11-13)17-9-8-16(21)12-19(17)20(22)15-6-4-3-5-7-15/h3-10,12H,11H2,1-2H3. The summed E-state index contributed by atoms with van der Waals surface area (Å²) in [6.45, 7) is 4.21. The third kappa shape index (κ3) is 2.77. The predicted molar refractivity (Wildman–Crippen MR) is 92.3 cm³/mol. The lowest BCUT2D eigenvalue weighted by atomic mass is 9.91. The van der Waals surface area contributed by atoms with Crippen molar-refractivity contribution in [1.82, 2.24) is 0 Å². The van der Waals surface area contributed by atoms with Crippen molar-refractivity contribution in [3.63, 3.8) is 0 Å². The Kier molecular flexibility index (Phi) is 4.00. The molecule has 0 heterocycles. The number of ketones is 1. The summed E-state index contributed by atoms with van der Waals surface area (Å²) in [6.07, 6.45) is 3.07. The first-order chi connectivity index (χ1) is 10.6. The molecular weight excluding hydrogens is 292 g/mol. The minimum atomic E-state index is 0.0166. The van der Waals surface area contributed by atoms with Crippen LogP contribution in [0.3, 0.4) is 0 Å². The van der Waals surface area contributed by atoms with Gasteiger partial charge in [0, 0.05) is 16.1 Å². The van der Waals surface area contributed by atoms with Gasteiger partial charge in [-0.2, -0.15) is 0 Å². The summed E-state index contributed by atoms with van der Waals surface area (Å²) in [5.74, 6) is 0.0166. The van der Waals surface area contributed by atoms with Gasteiger partial charge in [0.05, 0.1) is 0 Å². The SMILES string of the molecule is CC1=CC(C)=C(c2ccc(Cl)cc2C(=O)c2ccccc2)C1. The van der Waals surface area contributed by atoms with E-state index in [1.807, 2.05) is 42.5 Å². The Morgan fingerprint density at radius 1 is 1.05 bits per heavy atom. The number of hydrogen-bond donors (Lipinski definition) is 0. The van der Waals surface area contributed by atoms with Crippen LogP contribution in [-0.2, 0) is 0 Å². The molecule has 0 spiro atoms. The Morgan fingerprint density at radius 3 is 2.41 bits per heavy atom. The Hall–Kier alpha value is -2.12. The number of halogens is 1. The fourth-order valence-electron chi connectivity index (χ4n) is 2.95. The second kappa shape index (κ2) is 5.94. The number of carbonyl (C=O) groups is 1. The Bertz CT molecular complexity index is 798. The quantitative estimate of drug-likeness (QED) is 0.665. The highest BCUT2D eigenvalue weighted by Crippen LogP contribution is 2.36. The molecule has 0 saturated carbocycles. The van der Waals surface area contributed by atoms with Gasteiger partial charge >= 0.3 is 0 Å². The van der Waals surface area contributed by atoms with E-state index in [0.29, 0.717) is 16.1 Å². The summed E-state index contributed by atoms with van der Waals surface area (Å²) in [6, 6.07) is 14.9. The largest absolute Gasteiger partial charge is 0.289 e. The highest BCUT2D eigenvalue weighted by molar-refractivity contribution is 6.31. The minimum absolute atomic E-state index is 0.0166. The van der Waals surface area contributed by atoms with Gasteiger partial charge in [-0.05, 0) is 49.1 Å². The zero-order valence-electron chi connectivity index (χ0n) is 12.7. The third-order valence-electron chi connectivity index (χ3n) is 3.98. The lowest BCUT2D eigenvalue weighted by Gasteiger charge is -2.12. The molecule has 22 heavy (non-hydrogen) atoms. The van der Waals surface area contributed by atoms with Crippen molar-refractivity contribution in [2.24, 2.45) is 0 Å². The zero-order chi connectivity index (χ0) is 15.7. The number of benzene rings is 2. The smallest absolute Gasteiger partial charge is 0.193 e. The molecule has 2 heteroatoms. The van der Waals surface area contributed by atoms with E-state index in [4.69, 9.17) is 11.6 Å². The average molecular weight is 309 g/mol. The molecule has 3 rings (SSSR count). The molecule has 1 aliphatic carbocycles. The van der Waals surface area contributed by atoms with E-state index < -0.39 is 0 Å². The number of rotatable bonds is 3. The predicted octanol–water partition coefficient (Wildman–Crippen LogP) is 5.69. The van der Waals surface area contributed by atoms with Crippen LogP contribution in [0.4, 0.5) is 0 Å². The molecule has 0 N–H and O–H groups in total. The van der Waals surface area contributed by atoms with E-state index in [-0.39, 0.29) is 5.78 Å². The van der Waals surface area contributed by atoms with Crippen molar-refractivity contribution in [1.29, 1.82) is 0 Å². The van der Waals surface area contributed by atoms with Crippen LogP contribution in [0.1, 0.15) is 41.8 Å². The number of hydrogen-bond acceptors (Lipinski definition) is 1. The molecule has 0 amide bonds. The zero-order valence-corrected chi connectivity index (χ0v) is 13.4. The minimum Gasteiger partial charge on any atom is -0.289 e. The van der Waals surface area contributed by atoms with Gasteiger partial charge in [0.2, 0.25) is 0 Å². The maximum absolute atomic E-state index is 12.9. The van der Waals surface area contributed by atoms with E-state index in [2.05, 4.69) is 19.9 Å². The Morgan fingerprint density at radius 2 is 1.77 bits per heavy atom. The van der Waals surface area contributed by atoms with Gasteiger partial charge in [0.1, 0.15) is 0 Å². The second-order valence-corrected chi connectivity index (χ2v) is 6.15. The van der Waals surface area contributed by atoms with Crippen LogP contribution in [0.5, 0.6) is 0 Å². The average Bonchev–Trinajstić information content (AvgIpc) is 2.86. The van der Waals surface area contributed by atoms with Crippen molar-refractivity contribution in [3.8, 4) is 0 Å². The van der Waals surface area contributed by atoms with E-state index in [1.165, 1.54) is 16.7 Å². The van der Waals surface area contributed by atoms with Gasteiger partial charge in [0.15, 0.2) is 5.78 Å². The van der Waals surface area contributed by atoms with Crippen LogP contribution in [0.25, 0.3) is 5.57 Å². The fraction of sp³-hybridized carbons (Fsp3) is 0.150. The van der Waals surface area contributed by atoms with E-state index in [0.717, 1.165) is 12.0 Å². The molecule has 0 bridgehead atoms. The van der Waals surface area contributed by atoms with Gasteiger partial charge in [-0.25, -0.2) is 0 Å². The van der Waals surface area contributed by atoms with Gasteiger partial charge < -0.3 is 0 Å². The third-order valence-corrected chi connectivity index (χ3v) is 4.22. The van der Waals surface area contributed by atoms with Crippen LogP contribution in [0, 0.1) is 0 Å². The maximum Gasteiger partial charge on any atom is 0.193 e. The van der Waals surface area contributed by atoms with E-state index in [9.17, 15) is 4.79 Å². The van der Waals surface area contributed by atoms with E-state index >= 15 is 0 Å². The van der Waals surface area contributed by atoms with Crippen LogP contribution in [0.2, 0.25) is 5.02 Å². The topological polar surface area (TPSA) is 17.1 Å². The summed E-state index contributed by atoms with van der Waals surface area (Å²) in [5.41, 5.74) is 6.11. The molecule has 2 aromatic rings. The molecule has 2 aromatic carbocycles. The molecule has 0 radical (unpaired) electrons. The van der Waals surface area contributed by atoms with E-state index in [1.54, 1.807) is 6.07 Å². The molecule has 0 aromatic heterocycles. The first-order valence-electron chi connectivity index (χ1n) is 7.33. The second-order valence-electron chi connectivity index (χ2n) is 5.71. The molecule has 0 aliphatic heterocycles. The van der Waals surface area contributed by atoms with Gasteiger partial charge in [-0.3, -0.25) is 4.79 Å². The lowest BCUT2D eigenvalue weighted by Crippen LogP contribution is -2.05. The number of allylic oxidation sites excluding steroid dienone is 4. The highest BCUT2D eigenvalue weighted by atomic mass is 35.5. The summed E-state index contributed by atoms with van der Waals surface area (Å²) in [4.78, 5) is 12.9. The molecule has 1 aliphatic rings. The lowest BCUT2D eigenvalue weighted by molar-refractivity contribution is 0.103. The Balaban J connectivity index is 2.11. The highest BCUT2D eigenvalue weighted by Gasteiger charge is 2.20. The van der Waals surface area contributed by atoms with Crippen molar-refractivity contribution in [2.75, 3.05) is 0 Å². The van der Waals surface area contributed by atoms with Crippen molar-refractivity contribution in [3.05, 3.63) is 87.5 Å². The molecular formula is C20H17ClO. The van der Waals surface area contributed by atoms with Gasteiger partial charge in [-0.1, -0.05) is 59.6 Å². The van der Waals surface area contributed by atoms with Crippen molar-refractivity contribution >= 4 is 23.0 Å². The molecule has 0 unspecified atom stereocenters. The van der Waals surface area contributed by atoms with Crippen molar-refractivity contribution in [2.45, 2.75) is 20.3 Å². The Labute approximate surface area is 135 Å². The monoisotopic (exact) mass is 308 g/mol. The van der Waals surface area contributed by atoms with Gasteiger partial charge in [-0.15, -0.1) is 0 Å². The van der Waals surface area contributed by atoms with Crippen LogP contribution >= 0.6 is 11.6 Å². The van der Waals surface area contributed by atoms with Gasteiger partial charge in [0.25, 0.3) is 0 Å². The first kappa shape index (κ1) is 14.8. The normalized spacial score (nSPS) is 14.2. The molecule has 0 saturated heterocycles. The van der Waals surface area contributed by atoms with Crippen LogP contribution in [0.15, 0.2) is 65.8 Å². The summed E-state index contributed by atoms with van der Waals surface area (Å²) < 4.78 is 0. The maximum atomic E-state index is 12.9. The van der Waals surface area contributed by atoms with Crippen LogP contribution < -0.4 is 0 Å². The number of carbonyl (C=O) groups excluding carboxylic acids is 1. The summed E-state index contributed by atoms with van der Waals surface area (Å²) in [5, 5.41) is 0.587. The summed E-state index contributed by atoms with van der Waals surface area (Å²) in [7, 11) is 0. The first-order valence-corrected chi connectivity index (χ1v) is 7.70. The summed E-state index contributed by atoms with van der Waals surface area (Å²) >= 11 is 6.14.